The number of halogens is 1. The van der Waals surface area contributed by atoms with Crippen LogP contribution in [0.2, 0.25) is 0 Å². The van der Waals surface area contributed by atoms with Crippen LogP contribution in [0, 0.1) is 24.6 Å². The topological polar surface area (TPSA) is 36.4 Å². The molecule has 2 saturated heterocycles. The molecule has 1 aromatic carbocycles. The van der Waals surface area contributed by atoms with Crippen molar-refractivity contribution in [3.8, 4) is 0 Å². The van der Waals surface area contributed by atoms with E-state index in [0.29, 0.717) is 12.5 Å². The maximum atomic E-state index is 13.3. The zero-order valence-electron chi connectivity index (χ0n) is 13.7. The molecule has 2 fully saturated rings. The standard InChI is InChI=1S/C19H20FN3O/c1-13-4-2-7-18(21-13)22-10-15-11-23(19(24)17(15)12-22)9-14-5-3-6-16(20)8-14/h2-8,15,17H,9-12H2,1H3/t15-,17-/m0/s1. The molecule has 0 bridgehead atoms. The minimum Gasteiger partial charge on any atom is -0.355 e. The lowest BCUT2D eigenvalue weighted by molar-refractivity contribution is -0.131. The second-order valence-electron chi connectivity index (χ2n) is 6.76. The number of amides is 1. The van der Waals surface area contributed by atoms with Crippen LogP contribution in [0.5, 0.6) is 0 Å². The Bertz CT molecular complexity index is 779. The van der Waals surface area contributed by atoms with E-state index >= 15 is 0 Å². The summed E-state index contributed by atoms with van der Waals surface area (Å²) in [6, 6.07) is 12.5. The number of benzene rings is 1. The molecule has 2 aliphatic heterocycles. The summed E-state index contributed by atoms with van der Waals surface area (Å²) in [5, 5.41) is 0. The van der Waals surface area contributed by atoms with E-state index in [1.165, 1.54) is 12.1 Å². The lowest BCUT2D eigenvalue weighted by atomic mass is 10.0. The first-order chi connectivity index (χ1) is 11.6. The van der Waals surface area contributed by atoms with Gasteiger partial charge in [0.25, 0.3) is 0 Å². The highest BCUT2D eigenvalue weighted by Gasteiger charge is 2.46. The Balaban J connectivity index is 1.45. The van der Waals surface area contributed by atoms with E-state index in [0.717, 1.165) is 36.7 Å². The third-order valence-electron chi connectivity index (χ3n) is 4.98. The van der Waals surface area contributed by atoms with Crippen molar-refractivity contribution in [2.75, 3.05) is 24.5 Å². The Hall–Kier alpha value is -2.43. The van der Waals surface area contributed by atoms with Crippen molar-refractivity contribution in [2.45, 2.75) is 13.5 Å². The van der Waals surface area contributed by atoms with Gasteiger partial charge in [-0.1, -0.05) is 18.2 Å². The number of rotatable bonds is 3. The molecule has 1 amide bonds. The molecule has 24 heavy (non-hydrogen) atoms. The van der Waals surface area contributed by atoms with Crippen LogP contribution in [0.3, 0.4) is 0 Å². The van der Waals surface area contributed by atoms with Crippen molar-refractivity contribution in [1.29, 1.82) is 0 Å². The number of likely N-dealkylation sites (tertiary alicyclic amines) is 1. The molecule has 0 N–H and O–H groups in total. The van der Waals surface area contributed by atoms with Gasteiger partial charge in [0.05, 0.1) is 5.92 Å². The van der Waals surface area contributed by atoms with Gasteiger partial charge in [0, 0.05) is 37.8 Å². The van der Waals surface area contributed by atoms with Crippen LogP contribution < -0.4 is 4.90 Å². The minimum atomic E-state index is -0.254. The SMILES string of the molecule is Cc1cccc(N2C[C@H]3CN(Cc4cccc(F)c4)C(=O)[C@H]3C2)n1. The first kappa shape index (κ1) is 15.1. The van der Waals surface area contributed by atoms with Crippen LogP contribution in [0.25, 0.3) is 0 Å². The van der Waals surface area contributed by atoms with Gasteiger partial charge in [0.1, 0.15) is 11.6 Å². The Labute approximate surface area is 140 Å². The Kier molecular flexibility index (Phi) is 3.71. The van der Waals surface area contributed by atoms with E-state index in [1.807, 2.05) is 36.1 Å². The van der Waals surface area contributed by atoms with Crippen molar-refractivity contribution in [3.63, 3.8) is 0 Å². The van der Waals surface area contributed by atoms with Crippen LogP contribution in [0.4, 0.5) is 10.2 Å². The second kappa shape index (κ2) is 5.89. The molecule has 124 valence electrons. The van der Waals surface area contributed by atoms with E-state index in [-0.39, 0.29) is 17.6 Å². The van der Waals surface area contributed by atoms with Gasteiger partial charge in [0.2, 0.25) is 5.91 Å². The molecule has 4 rings (SSSR count). The van der Waals surface area contributed by atoms with Crippen molar-refractivity contribution in [1.82, 2.24) is 9.88 Å². The lowest BCUT2D eigenvalue weighted by Gasteiger charge is -2.22. The molecule has 2 aliphatic rings. The van der Waals surface area contributed by atoms with Gasteiger partial charge in [0.15, 0.2) is 0 Å². The normalized spacial score (nSPS) is 23.0. The van der Waals surface area contributed by atoms with Gasteiger partial charge in [-0.25, -0.2) is 9.37 Å². The predicted molar refractivity (Wildman–Crippen MR) is 90.0 cm³/mol. The van der Waals surface area contributed by atoms with Gasteiger partial charge in [-0.05, 0) is 36.8 Å². The minimum absolute atomic E-state index is 0.0286. The Morgan fingerprint density at radius 1 is 1.17 bits per heavy atom. The quantitative estimate of drug-likeness (QED) is 0.870. The van der Waals surface area contributed by atoms with Crippen LogP contribution in [-0.4, -0.2) is 35.4 Å². The number of aryl methyl sites for hydroxylation is 1. The van der Waals surface area contributed by atoms with E-state index in [4.69, 9.17) is 0 Å². The fraction of sp³-hybridized carbons (Fsp3) is 0.368. The van der Waals surface area contributed by atoms with Gasteiger partial charge in [-0.15, -0.1) is 0 Å². The Morgan fingerprint density at radius 2 is 2.00 bits per heavy atom. The molecule has 3 heterocycles. The number of aromatic nitrogens is 1. The highest BCUT2D eigenvalue weighted by Crippen LogP contribution is 2.35. The van der Waals surface area contributed by atoms with E-state index in [1.54, 1.807) is 6.07 Å². The molecular formula is C19H20FN3O. The van der Waals surface area contributed by atoms with Crippen molar-refractivity contribution in [2.24, 2.45) is 11.8 Å². The number of nitrogens with zero attached hydrogens (tertiary/aromatic N) is 3. The third-order valence-corrected chi connectivity index (χ3v) is 4.98. The highest BCUT2D eigenvalue weighted by atomic mass is 19.1. The molecule has 2 atom stereocenters. The van der Waals surface area contributed by atoms with Crippen molar-refractivity contribution >= 4 is 11.7 Å². The van der Waals surface area contributed by atoms with Crippen LogP contribution in [0.15, 0.2) is 42.5 Å². The first-order valence-electron chi connectivity index (χ1n) is 8.32. The molecule has 0 saturated carbocycles. The summed E-state index contributed by atoms with van der Waals surface area (Å²) in [6.07, 6.45) is 0. The summed E-state index contributed by atoms with van der Waals surface area (Å²) >= 11 is 0. The maximum absolute atomic E-state index is 13.3. The van der Waals surface area contributed by atoms with Crippen LogP contribution in [-0.2, 0) is 11.3 Å². The van der Waals surface area contributed by atoms with Crippen LogP contribution >= 0.6 is 0 Å². The number of carbonyl (C=O) groups is 1. The number of anilines is 1. The Morgan fingerprint density at radius 3 is 2.75 bits per heavy atom. The summed E-state index contributed by atoms with van der Waals surface area (Å²) in [7, 11) is 0. The molecule has 0 spiro atoms. The molecule has 4 nitrogen and oxygen atoms in total. The molecule has 2 aromatic rings. The molecule has 1 aromatic heterocycles. The van der Waals surface area contributed by atoms with Crippen LogP contribution in [0.1, 0.15) is 11.3 Å². The average molecular weight is 325 g/mol. The van der Waals surface area contributed by atoms with Gasteiger partial charge in [-0.2, -0.15) is 0 Å². The van der Waals surface area contributed by atoms with Crippen molar-refractivity contribution < 1.29 is 9.18 Å². The van der Waals surface area contributed by atoms with Crippen molar-refractivity contribution in [3.05, 3.63) is 59.5 Å². The fourth-order valence-corrected chi connectivity index (χ4v) is 3.83. The highest BCUT2D eigenvalue weighted by molar-refractivity contribution is 5.83. The third kappa shape index (κ3) is 2.75. The largest absolute Gasteiger partial charge is 0.355 e. The van der Waals surface area contributed by atoms with E-state index in [9.17, 15) is 9.18 Å². The molecule has 5 heteroatoms. The molecular weight excluding hydrogens is 305 g/mol. The summed E-state index contributed by atoms with van der Waals surface area (Å²) in [4.78, 5) is 21.3. The second-order valence-corrected chi connectivity index (χ2v) is 6.76. The summed E-state index contributed by atoms with van der Waals surface area (Å²) in [5.74, 6) is 1.23. The zero-order chi connectivity index (χ0) is 16.7. The number of fused-ring (bicyclic) bond motifs is 1. The number of carbonyl (C=O) groups excluding carboxylic acids is 1. The fourth-order valence-electron chi connectivity index (χ4n) is 3.83. The smallest absolute Gasteiger partial charge is 0.228 e. The number of hydrogen-bond acceptors (Lipinski definition) is 3. The van der Waals surface area contributed by atoms with Gasteiger partial charge in [-0.3, -0.25) is 4.79 Å². The predicted octanol–water partition coefficient (Wildman–Crippen LogP) is 2.62. The van der Waals surface area contributed by atoms with Gasteiger partial charge >= 0.3 is 0 Å². The zero-order valence-corrected chi connectivity index (χ0v) is 13.7. The molecule has 0 aliphatic carbocycles. The van der Waals surface area contributed by atoms with E-state index < -0.39 is 0 Å². The first-order valence-corrected chi connectivity index (χ1v) is 8.32. The monoisotopic (exact) mass is 325 g/mol. The lowest BCUT2D eigenvalue weighted by Crippen LogP contribution is -2.32. The number of hydrogen-bond donors (Lipinski definition) is 0. The summed E-state index contributed by atoms with van der Waals surface area (Å²) in [5.41, 5.74) is 1.84. The molecule has 0 unspecified atom stereocenters. The summed E-state index contributed by atoms with van der Waals surface area (Å²) < 4.78 is 13.3. The average Bonchev–Trinajstić information content (AvgIpc) is 3.08. The number of pyridine rings is 1. The maximum Gasteiger partial charge on any atom is 0.228 e. The molecule has 0 radical (unpaired) electrons. The van der Waals surface area contributed by atoms with E-state index in [2.05, 4.69) is 9.88 Å². The summed E-state index contributed by atoms with van der Waals surface area (Å²) in [6.45, 7) is 4.78. The van der Waals surface area contributed by atoms with Gasteiger partial charge < -0.3 is 9.80 Å².